The highest BCUT2D eigenvalue weighted by molar-refractivity contribution is 5.83. The molecule has 2 rings (SSSR count). The molecule has 0 radical (unpaired) electrons. The van der Waals surface area contributed by atoms with E-state index in [2.05, 4.69) is 0 Å². The highest BCUT2D eigenvalue weighted by atomic mass is 16.6. The van der Waals surface area contributed by atoms with E-state index in [-0.39, 0.29) is 12.7 Å². The Kier molecular flexibility index (Phi) is 4.22. The van der Waals surface area contributed by atoms with Crippen LogP contribution in [0, 0.1) is 0 Å². The van der Waals surface area contributed by atoms with Gasteiger partial charge in [-0.3, -0.25) is 4.79 Å². The number of ether oxygens (including phenoxy) is 3. The van der Waals surface area contributed by atoms with Crippen LogP contribution in [0.2, 0.25) is 0 Å². The molecule has 5 heteroatoms. The van der Waals surface area contributed by atoms with Crippen LogP contribution < -0.4 is 0 Å². The third-order valence-corrected chi connectivity index (χ3v) is 3.55. The lowest BCUT2D eigenvalue weighted by Gasteiger charge is -2.26. The number of hydrogen-bond donors (Lipinski definition) is 0. The standard InChI is InChI=1S/C13H20O5/c1-10(14)18-13(6-2-3-7-13)12(15)17-9-11-5-4-8-16-11/h11H,2-9H2,1H3/t11-/m1/s1. The molecule has 102 valence electrons. The Bertz CT molecular complexity index is 313. The van der Waals surface area contributed by atoms with Crippen molar-refractivity contribution in [1.29, 1.82) is 0 Å². The van der Waals surface area contributed by atoms with Gasteiger partial charge >= 0.3 is 11.9 Å². The number of carbonyl (C=O) groups excluding carboxylic acids is 2. The molecule has 0 aromatic rings. The van der Waals surface area contributed by atoms with E-state index in [9.17, 15) is 9.59 Å². The molecule has 1 atom stereocenters. The van der Waals surface area contributed by atoms with Gasteiger partial charge in [0.05, 0.1) is 6.10 Å². The molecule has 1 saturated heterocycles. The summed E-state index contributed by atoms with van der Waals surface area (Å²) in [6, 6.07) is 0. The molecule has 1 saturated carbocycles. The second-order valence-electron chi connectivity index (χ2n) is 5.03. The average molecular weight is 256 g/mol. The molecule has 0 spiro atoms. The summed E-state index contributed by atoms with van der Waals surface area (Å²) in [7, 11) is 0. The van der Waals surface area contributed by atoms with Gasteiger partial charge in [0, 0.05) is 13.5 Å². The lowest BCUT2D eigenvalue weighted by molar-refractivity contribution is -0.182. The summed E-state index contributed by atoms with van der Waals surface area (Å²) in [5, 5.41) is 0. The van der Waals surface area contributed by atoms with Gasteiger partial charge in [-0.05, 0) is 38.5 Å². The number of rotatable bonds is 4. The lowest BCUT2D eigenvalue weighted by atomic mass is 10.0. The molecular formula is C13H20O5. The Morgan fingerprint density at radius 1 is 1.28 bits per heavy atom. The summed E-state index contributed by atoms with van der Waals surface area (Å²) in [6.07, 6.45) is 4.86. The van der Waals surface area contributed by atoms with Crippen molar-refractivity contribution in [2.45, 2.75) is 57.2 Å². The summed E-state index contributed by atoms with van der Waals surface area (Å²) in [4.78, 5) is 23.2. The average Bonchev–Trinajstić information content (AvgIpc) is 2.96. The van der Waals surface area contributed by atoms with Crippen molar-refractivity contribution in [3.8, 4) is 0 Å². The van der Waals surface area contributed by atoms with E-state index in [1.165, 1.54) is 6.92 Å². The Balaban J connectivity index is 1.89. The first-order valence-electron chi connectivity index (χ1n) is 6.61. The summed E-state index contributed by atoms with van der Waals surface area (Å²) in [5.41, 5.74) is -1.04. The van der Waals surface area contributed by atoms with Crippen LogP contribution in [0.4, 0.5) is 0 Å². The van der Waals surface area contributed by atoms with Crippen molar-refractivity contribution >= 4 is 11.9 Å². The minimum Gasteiger partial charge on any atom is -0.460 e. The van der Waals surface area contributed by atoms with Gasteiger partial charge in [-0.25, -0.2) is 4.79 Å². The predicted octanol–water partition coefficient (Wildman–Crippen LogP) is 1.58. The van der Waals surface area contributed by atoms with Crippen LogP contribution in [0.15, 0.2) is 0 Å². The summed E-state index contributed by atoms with van der Waals surface area (Å²) < 4.78 is 15.9. The first kappa shape index (κ1) is 13.3. The first-order chi connectivity index (χ1) is 8.62. The van der Waals surface area contributed by atoms with Crippen LogP contribution in [0.25, 0.3) is 0 Å². The van der Waals surface area contributed by atoms with Crippen molar-refractivity contribution < 1.29 is 23.8 Å². The topological polar surface area (TPSA) is 61.8 Å². The molecular weight excluding hydrogens is 236 g/mol. The molecule has 0 unspecified atom stereocenters. The number of esters is 2. The molecule has 5 nitrogen and oxygen atoms in total. The zero-order valence-corrected chi connectivity index (χ0v) is 10.8. The fourth-order valence-electron chi connectivity index (χ4n) is 2.65. The predicted molar refractivity (Wildman–Crippen MR) is 62.9 cm³/mol. The Morgan fingerprint density at radius 2 is 2.00 bits per heavy atom. The van der Waals surface area contributed by atoms with Crippen molar-refractivity contribution in [3.63, 3.8) is 0 Å². The van der Waals surface area contributed by atoms with E-state index in [0.29, 0.717) is 12.8 Å². The molecule has 2 aliphatic rings. The van der Waals surface area contributed by atoms with Crippen molar-refractivity contribution in [2.24, 2.45) is 0 Å². The Morgan fingerprint density at radius 3 is 2.56 bits per heavy atom. The molecule has 18 heavy (non-hydrogen) atoms. The normalized spacial score (nSPS) is 25.9. The molecule has 1 aliphatic heterocycles. The van der Waals surface area contributed by atoms with E-state index in [1.807, 2.05) is 0 Å². The molecule has 0 aromatic heterocycles. The smallest absolute Gasteiger partial charge is 0.350 e. The van der Waals surface area contributed by atoms with Crippen molar-refractivity contribution in [1.82, 2.24) is 0 Å². The van der Waals surface area contributed by atoms with Crippen LogP contribution >= 0.6 is 0 Å². The van der Waals surface area contributed by atoms with Gasteiger partial charge < -0.3 is 14.2 Å². The molecule has 1 aliphatic carbocycles. The van der Waals surface area contributed by atoms with Gasteiger partial charge in [0.15, 0.2) is 0 Å². The molecule has 0 N–H and O–H groups in total. The van der Waals surface area contributed by atoms with Crippen LogP contribution in [0.5, 0.6) is 0 Å². The molecule has 1 heterocycles. The van der Waals surface area contributed by atoms with Crippen LogP contribution in [0.1, 0.15) is 45.4 Å². The molecule has 2 fully saturated rings. The molecule has 0 aromatic carbocycles. The highest BCUT2D eigenvalue weighted by Gasteiger charge is 2.46. The Labute approximate surface area is 107 Å². The third-order valence-electron chi connectivity index (χ3n) is 3.55. The highest BCUT2D eigenvalue weighted by Crippen LogP contribution is 2.34. The summed E-state index contributed by atoms with van der Waals surface area (Å²) in [6.45, 7) is 2.33. The maximum absolute atomic E-state index is 12.1. The molecule has 0 amide bonds. The summed E-state index contributed by atoms with van der Waals surface area (Å²) >= 11 is 0. The van der Waals surface area contributed by atoms with Crippen LogP contribution in [-0.4, -0.2) is 36.9 Å². The summed E-state index contributed by atoms with van der Waals surface area (Å²) in [5.74, 6) is -0.836. The van der Waals surface area contributed by atoms with E-state index >= 15 is 0 Å². The van der Waals surface area contributed by atoms with Crippen molar-refractivity contribution in [2.75, 3.05) is 13.2 Å². The number of hydrogen-bond acceptors (Lipinski definition) is 5. The zero-order chi connectivity index (χ0) is 13.0. The van der Waals surface area contributed by atoms with E-state index in [1.54, 1.807) is 0 Å². The maximum Gasteiger partial charge on any atom is 0.350 e. The van der Waals surface area contributed by atoms with E-state index in [0.717, 1.165) is 32.3 Å². The van der Waals surface area contributed by atoms with Crippen LogP contribution in [-0.2, 0) is 23.8 Å². The minimum absolute atomic E-state index is 0.00438. The van der Waals surface area contributed by atoms with E-state index in [4.69, 9.17) is 14.2 Å². The minimum atomic E-state index is -1.04. The fourth-order valence-corrected chi connectivity index (χ4v) is 2.65. The number of carbonyl (C=O) groups is 2. The lowest BCUT2D eigenvalue weighted by Crippen LogP contribution is -2.42. The Hall–Kier alpha value is -1.10. The van der Waals surface area contributed by atoms with Gasteiger partial charge in [0.1, 0.15) is 6.61 Å². The SMILES string of the molecule is CC(=O)OC1(C(=O)OC[C@H]2CCCO2)CCCC1. The zero-order valence-electron chi connectivity index (χ0n) is 10.8. The van der Waals surface area contributed by atoms with Gasteiger partial charge in [0.2, 0.25) is 5.60 Å². The van der Waals surface area contributed by atoms with Crippen LogP contribution in [0.3, 0.4) is 0 Å². The third kappa shape index (κ3) is 3.02. The second kappa shape index (κ2) is 5.69. The second-order valence-corrected chi connectivity index (χ2v) is 5.03. The van der Waals surface area contributed by atoms with Gasteiger partial charge in [-0.2, -0.15) is 0 Å². The first-order valence-corrected chi connectivity index (χ1v) is 6.61. The van der Waals surface area contributed by atoms with Crippen molar-refractivity contribution in [3.05, 3.63) is 0 Å². The maximum atomic E-state index is 12.1. The fraction of sp³-hybridized carbons (Fsp3) is 0.846. The quantitative estimate of drug-likeness (QED) is 0.715. The van der Waals surface area contributed by atoms with Gasteiger partial charge in [-0.15, -0.1) is 0 Å². The largest absolute Gasteiger partial charge is 0.460 e. The molecule has 0 bridgehead atoms. The van der Waals surface area contributed by atoms with Gasteiger partial charge in [0.25, 0.3) is 0 Å². The van der Waals surface area contributed by atoms with Gasteiger partial charge in [-0.1, -0.05) is 0 Å². The van der Waals surface area contributed by atoms with E-state index < -0.39 is 17.5 Å². The monoisotopic (exact) mass is 256 g/mol.